The van der Waals surface area contributed by atoms with Crippen molar-refractivity contribution < 1.29 is 0 Å². The van der Waals surface area contributed by atoms with Gasteiger partial charge < -0.3 is 4.90 Å². The third-order valence-corrected chi connectivity index (χ3v) is 9.19. The van der Waals surface area contributed by atoms with Crippen LogP contribution in [0.15, 0.2) is 164 Å². The summed E-state index contributed by atoms with van der Waals surface area (Å²) in [6.07, 6.45) is 0. The highest BCUT2D eigenvalue weighted by Crippen LogP contribution is 2.43. The molecule has 198 valence electrons. The molecule has 0 bridgehead atoms. The van der Waals surface area contributed by atoms with E-state index in [2.05, 4.69) is 169 Å². The fraction of sp³-hybridized carbons (Fsp3) is 0. The normalized spacial score (nSPS) is 11.3. The molecule has 0 atom stereocenters. The van der Waals surface area contributed by atoms with Crippen molar-refractivity contribution in [3.05, 3.63) is 164 Å². The lowest BCUT2D eigenvalue weighted by Crippen LogP contribution is -2.11. The van der Waals surface area contributed by atoms with Gasteiger partial charge in [0.25, 0.3) is 0 Å². The average Bonchev–Trinajstić information content (AvgIpc) is 3.44. The molecule has 1 aromatic heterocycles. The molecule has 8 aromatic rings. The lowest BCUT2D eigenvalue weighted by atomic mass is 9.96. The van der Waals surface area contributed by atoms with Crippen molar-refractivity contribution >= 4 is 59.3 Å². The molecule has 1 heterocycles. The summed E-state index contributed by atoms with van der Waals surface area (Å²) in [7, 11) is 0. The van der Waals surface area contributed by atoms with E-state index in [1.165, 1.54) is 53.2 Å². The number of fused-ring (bicyclic) bond motifs is 4. The number of benzene rings is 7. The van der Waals surface area contributed by atoms with E-state index in [1.54, 1.807) is 0 Å². The lowest BCUT2D eigenvalue weighted by molar-refractivity contribution is 1.28. The predicted molar refractivity (Wildman–Crippen MR) is 182 cm³/mol. The lowest BCUT2D eigenvalue weighted by Gasteiger charge is -2.28. The van der Waals surface area contributed by atoms with Gasteiger partial charge in [-0.3, -0.25) is 0 Å². The van der Waals surface area contributed by atoms with E-state index < -0.39 is 0 Å². The van der Waals surface area contributed by atoms with Crippen molar-refractivity contribution in [2.45, 2.75) is 0 Å². The van der Waals surface area contributed by atoms with Crippen LogP contribution in [0.5, 0.6) is 0 Å². The molecule has 0 fully saturated rings. The first-order valence-corrected chi connectivity index (χ1v) is 15.1. The van der Waals surface area contributed by atoms with E-state index in [1.807, 2.05) is 11.3 Å². The van der Waals surface area contributed by atoms with E-state index in [0.717, 1.165) is 17.1 Å². The van der Waals surface area contributed by atoms with E-state index in [0.29, 0.717) is 0 Å². The smallest absolute Gasteiger partial charge is 0.0540 e. The molecular weight excluding hydrogens is 527 g/mol. The molecular formula is C40H27NS. The molecule has 0 aliphatic carbocycles. The summed E-state index contributed by atoms with van der Waals surface area (Å²) in [4.78, 5) is 2.39. The van der Waals surface area contributed by atoms with Gasteiger partial charge in [0.15, 0.2) is 0 Å². The minimum Gasteiger partial charge on any atom is -0.310 e. The van der Waals surface area contributed by atoms with Gasteiger partial charge in [0.2, 0.25) is 0 Å². The van der Waals surface area contributed by atoms with Gasteiger partial charge in [0.1, 0.15) is 0 Å². The van der Waals surface area contributed by atoms with Crippen LogP contribution in [-0.2, 0) is 0 Å². The van der Waals surface area contributed by atoms with Crippen LogP contribution in [-0.4, -0.2) is 0 Å². The van der Waals surface area contributed by atoms with E-state index in [9.17, 15) is 0 Å². The largest absolute Gasteiger partial charge is 0.310 e. The highest BCUT2D eigenvalue weighted by Gasteiger charge is 2.18. The Kier molecular flexibility index (Phi) is 6.05. The van der Waals surface area contributed by atoms with Crippen molar-refractivity contribution in [1.29, 1.82) is 0 Å². The molecule has 0 N–H and O–H groups in total. The first-order valence-electron chi connectivity index (χ1n) is 14.3. The first-order chi connectivity index (χ1) is 20.8. The van der Waals surface area contributed by atoms with Gasteiger partial charge in [-0.15, -0.1) is 11.3 Å². The first kappa shape index (κ1) is 24.6. The fourth-order valence-corrected chi connectivity index (χ4v) is 7.24. The number of hydrogen-bond acceptors (Lipinski definition) is 2. The van der Waals surface area contributed by atoms with Gasteiger partial charge in [-0.25, -0.2) is 0 Å². The number of anilines is 3. The quantitative estimate of drug-likeness (QED) is 0.205. The van der Waals surface area contributed by atoms with Crippen LogP contribution < -0.4 is 4.90 Å². The minimum atomic E-state index is 1.13. The topological polar surface area (TPSA) is 3.24 Å². The van der Waals surface area contributed by atoms with Crippen LogP contribution in [0, 0.1) is 0 Å². The highest BCUT2D eigenvalue weighted by atomic mass is 32.1. The van der Waals surface area contributed by atoms with Gasteiger partial charge in [0.05, 0.1) is 5.69 Å². The Bertz CT molecular complexity index is 2200. The molecule has 42 heavy (non-hydrogen) atoms. The maximum absolute atomic E-state index is 2.39. The molecule has 0 saturated carbocycles. The summed E-state index contributed by atoms with van der Waals surface area (Å²) in [5.74, 6) is 0. The average molecular weight is 554 g/mol. The molecule has 7 aromatic carbocycles. The van der Waals surface area contributed by atoms with Crippen LogP contribution >= 0.6 is 11.3 Å². The standard InChI is InChI=1S/C40H27NS/c1-2-15-31(16-3-1)41(38-22-8-6-19-35(38)34-21-11-13-28-12-4-5-18-33(28)34)32-17-10-14-29(26-32)30-24-25-37-36-20-7-9-23-39(36)42-40(37)27-30/h1-27H. The molecule has 0 aliphatic rings. The maximum Gasteiger partial charge on any atom is 0.0540 e. The maximum atomic E-state index is 2.39. The van der Waals surface area contributed by atoms with Crippen LogP contribution in [0.1, 0.15) is 0 Å². The number of rotatable bonds is 5. The Hall–Kier alpha value is -5.18. The minimum absolute atomic E-state index is 1.13. The van der Waals surface area contributed by atoms with Crippen LogP contribution in [0.4, 0.5) is 17.1 Å². The SMILES string of the molecule is c1ccc(N(c2cccc(-c3ccc4c(c3)sc3ccccc34)c2)c2ccccc2-c2cccc3ccccc23)cc1. The second-order valence-corrected chi connectivity index (χ2v) is 11.7. The third kappa shape index (κ3) is 4.25. The van der Waals surface area contributed by atoms with Gasteiger partial charge in [0, 0.05) is 37.1 Å². The molecule has 0 radical (unpaired) electrons. The van der Waals surface area contributed by atoms with Crippen LogP contribution in [0.3, 0.4) is 0 Å². The zero-order chi connectivity index (χ0) is 27.9. The molecule has 0 amide bonds. The van der Waals surface area contributed by atoms with Crippen molar-refractivity contribution in [1.82, 2.24) is 0 Å². The Balaban J connectivity index is 1.30. The van der Waals surface area contributed by atoms with Crippen molar-refractivity contribution in [2.24, 2.45) is 0 Å². The summed E-state index contributed by atoms with van der Waals surface area (Å²) in [5.41, 5.74) is 8.27. The molecule has 0 spiro atoms. The molecule has 8 rings (SSSR count). The summed E-state index contributed by atoms with van der Waals surface area (Å²) in [6.45, 7) is 0. The van der Waals surface area contributed by atoms with Gasteiger partial charge in [-0.2, -0.15) is 0 Å². The van der Waals surface area contributed by atoms with E-state index in [4.69, 9.17) is 0 Å². The van der Waals surface area contributed by atoms with E-state index >= 15 is 0 Å². The summed E-state index contributed by atoms with van der Waals surface area (Å²) in [6, 6.07) is 59.2. The molecule has 0 unspecified atom stereocenters. The number of nitrogens with zero attached hydrogens (tertiary/aromatic N) is 1. The van der Waals surface area contributed by atoms with Crippen LogP contribution in [0.25, 0.3) is 53.2 Å². The van der Waals surface area contributed by atoms with Gasteiger partial charge in [-0.1, -0.05) is 121 Å². The van der Waals surface area contributed by atoms with Crippen molar-refractivity contribution in [3.8, 4) is 22.3 Å². The second-order valence-electron chi connectivity index (χ2n) is 10.6. The zero-order valence-corrected chi connectivity index (χ0v) is 23.8. The third-order valence-electron chi connectivity index (χ3n) is 8.06. The molecule has 0 aliphatic heterocycles. The second kappa shape index (κ2) is 10.3. The number of hydrogen-bond donors (Lipinski definition) is 0. The Morgan fingerprint density at radius 3 is 1.95 bits per heavy atom. The van der Waals surface area contributed by atoms with Gasteiger partial charge in [-0.05, 0) is 69.9 Å². The molecule has 2 heteroatoms. The monoisotopic (exact) mass is 553 g/mol. The molecule has 0 saturated heterocycles. The Morgan fingerprint density at radius 2 is 1.02 bits per heavy atom. The van der Waals surface area contributed by atoms with Crippen molar-refractivity contribution in [2.75, 3.05) is 4.90 Å². The van der Waals surface area contributed by atoms with E-state index in [-0.39, 0.29) is 0 Å². The Morgan fingerprint density at radius 1 is 0.381 bits per heavy atom. The summed E-state index contributed by atoms with van der Waals surface area (Å²) >= 11 is 1.86. The highest BCUT2D eigenvalue weighted by molar-refractivity contribution is 7.25. The fourth-order valence-electron chi connectivity index (χ4n) is 6.09. The molecule has 1 nitrogen and oxygen atoms in total. The van der Waals surface area contributed by atoms with Crippen LogP contribution in [0.2, 0.25) is 0 Å². The van der Waals surface area contributed by atoms with Gasteiger partial charge >= 0.3 is 0 Å². The number of para-hydroxylation sites is 2. The van der Waals surface area contributed by atoms with Crippen molar-refractivity contribution in [3.63, 3.8) is 0 Å². The zero-order valence-electron chi connectivity index (χ0n) is 22.9. The number of thiophene rings is 1. The Labute approximate surface area is 249 Å². The summed E-state index contributed by atoms with van der Waals surface area (Å²) in [5, 5.41) is 5.16. The summed E-state index contributed by atoms with van der Waals surface area (Å²) < 4.78 is 2.65. The predicted octanol–water partition coefficient (Wildman–Crippen LogP) is 12.0.